The Kier molecular flexibility index (Phi) is 5.34. The van der Waals surface area contributed by atoms with E-state index in [0.717, 1.165) is 18.7 Å². The smallest absolute Gasteiger partial charge is 0.128 e. The molecule has 0 aliphatic heterocycles. The molecule has 0 radical (unpaired) electrons. The van der Waals surface area contributed by atoms with Crippen molar-refractivity contribution in [3.05, 3.63) is 35.6 Å². The van der Waals surface area contributed by atoms with Gasteiger partial charge in [-0.3, -0.25) is 4.90 Å². The van der Waals surface area contributed by atoms with Crippen molar-refractivity contribution in [3.8, 4) is 0 Å². The Bertz CT molecular complexity index is 388. The summed E-state index contributed by atoms with van der Waals surface area (Å²) in [6, 6.07) is 7.86. The maximum Gasteiger partial charge on any atom is 0.128 e. The number of nitrogens with one attached hydrogen (secondary N) is 1. The van der Waals surface area contributed by atoms with Gasteiger partial charge in [-0.05, 0) is 32.5 Å². The lowest BCUT2D eigenvalue weighted by molar-refractivity contribution is 0.188. The van der Waals surface area contributed by atoms with Crippen LogP contribution in [-0.4, -0.2) is 31.1 Å². The van der Waals surface area contributed by atoms with Gasteiger partial charge in [-0.1, -0.05) is 38.0 Å². The Balaban J connectivity index is 2.07. The first-order chi connectivity index (χ1) is 9.26. The van der Waals surface area contributed by atoms with Gasteiger partial charge in [0.1, 0.15) is 5.82 Å². The standard InChI is InChI=1S/C16H25FN2/c1-3-19(13-8-4-5-9-13)12-16(18-2)14-10-6-7-11-15(14)17/h6-7,10-11,13,16,18H,3-5,8-9,12H2,1-2H3. The Morgan fingerprint density at radius 1 is 1.32 bits per heavy atom. The number of rotatable bonds is 6. The van der Waals surface area contributed by atoms with Gasteiger partial charge in [-0.2, -0.15) is 0 Å². The summed E-state index contributed by atoms with van der Waals surface area (Å²) >= 11 is 0. The molecule has 0 aromatic heterocycles. The third-order valence-electron chi connectivity index (χ3n) is 4.29. The van der Waals surface area contributed by atoms with Crippen LogP contribution in [0.5, 0.6) is 0 Å². The van der Waals surface area contributed by atoms with Crippen molar-refractivity contribution in [2.75, 3.05) is 20.1 Å². The van der Waals surface area contributed by atoms with Crippen LogP contribution in [0.4, 0.5) is 4.39 Å². The number of nitrogens with zero attached hydrogens (tertiary/aromatic N) is 1. The number of hydrogen-bond donors (Lipinski definition) is 1. The largest absolute Gasteiger partial charge is 0.312 e. The third-order valence-corrected chi connectivity index (χ3v) is 4.29. The van der Waals surface area contributed by atoms with Gasteiger partial charge in [0.25, 0.3) is 0 Å². The Morgan fingerprint density at radius 3 is 2.58 bits per heavy atom. The van der Waals surface area contributed by atoms with E-state index in [0.29, 0.717) is 6.04 Å². The Morgan fingerprint density at radius 2 is 2.00 bits per heavy atom. The van der Waals surface area contributed by atoms with Gasteiger partial charge in [0.2, 0.25) is 0 Å². The summed E-state index contributed by atoms with van der Waals surface area (Å²) in [6.07, 6.45) is 5.26. The Labute approximate surface area is 116 Å². The van der Waals surface area contributed by atoms with E-state index in [2.05, 4.69) is 17.1 Å². The van der Waals surface area contributed by atoms with Crippen molar-refractivity contribution < 1.29 is 4.39 Å². The highest BCUT2D eigenvalue weighted by Gasteiger charge is 2.24. The molecule has 1 aromatic carbocycles. The molecule has 1 saturated carbocycles. The highest BCUT2D eigenvalue weighted by Crippen LogP contribution is 2.26. The maximum atomic E-state index is 13.9. The topological polar surface area (TPSA) is 15.3 Å². The highest BCUT2D eigenvalue weighted by molar-refractivity contribution is 5.21. The summed E-state index contributed by atoms with van der Waals surface area (Å²) in [5, 5.41) is 3.27. The van der Waals surface area contributed by atoms with Crippen molar-refractivity contribution in [1.82, 2.24) is 10.2 Å². The van der Waals surface area contributed by atoms with E-state index in [1.807, 2.05) is 19.2 Å². The quantitative estimate of drug-likeness (QED) is 0.847. The summed E-state index contributed by atoms with van der Waals surface area (Å²) in [5.41, 5.74) is 0.779. The molecule has 2 rings (SSSR count). The van der Waals surface area contributed by atoms with Crippen LogP contribution in [0.25, 0.3) is 0 Å². The van der Waals surface area contributed by atoms with E-state index in [4.69, 9.17) is 0 Å². The summed E-state index contributed by atoms with van der Waals surface area (Å²) < 4.78 is 13.9. The van der Waals surface area contributed by atoms with Crippen LogP contribution in [0.1, 0.15) is 44.2 Å². The minimum Gasteiger partial charge on any atom is -0.312 e. The fourth-order valence-electron chi connectivity index (χ4n) is 3.14. The van der Waals surface area contributed by atoms with Crippen molar-refractivity contribution in [1.29, 1.82) is 0 Å². The van der Waals surface area contributed by atoms with Gasteiger partial charge in [-0.15, -0.1) is 0 Å². The summed E-state index contributed by atoms with van der Waals surface area (Å²) in [7, 11) is 1.92. The molecule has 1 aromatic rings. The average Bonchev–Trinajstić information content (AvgIpc) is 2.95. The number of likely N-dealkylation sites (N-methyl/N-ethyl adjacent to an activating group) is 2. The maximum absolute atomic E-state index is 13.9. The van der Waals surface area contributed by atoms with Crippen LogP contribution in [0, 0.1) is 5.82 Å². The van der Waals surface area contributed by atoms with Crippen LogP contribution < -0.4 is 5.32 Å². The van der Waals surface area contributed by atoms with Gasteiger partial charge in [0, 0.05) is 24.2 Å². The molecule has 0 spiro atoms. The molecule has 1 unspecified atom stereocenters. The van der Waals surface area contributed by atoms with Gasteiger partial charge in [0.05, 0.1) is 0 Å². The van der Waals surface area contributed by atoms with E-state index in [-0.39, 0.29) is 11.9 Å². The van der Waals surface area contributed by atoms with Crippen LogP contribution in [-0.2, 0) is 0 Å². The molecule has 1 atom stereocenters. The molecule has 1 aliphatic carbocycles. The van der Waals surface area contributed by atoms with Crippen LogP contribution in [0.3, 0.4) is 0 Å². The zero-order valence-electron chi connectivity index (χ0n) is 12.0. The van der Waals surface area contributed by atoms with Crippen molar-refractivity contribution in [2.45, 2.75) is 44.7 Å². The third kappa shape index (κ3) is 3.54. The fourth-order valence-corrected chi connectivity index (χ4v) is 3.14. The first-order valence-corrected chi connectivity index (χ1v) is 7.42. The van der Waals surface area contributed by atoms with Gasteiger partial charge >= 0.3 is 0 Å². The van der Waals surface area contributed by atoms with Crippen LogP contribution in [0.2, 0.25) is 0 Å². The second kappa shape index (κ2) is 7.01. The lowest BCUT2D eigenvalue weighted by Crippen LogP contribution is -2.39. The molecule has 0 saturated heterocycles. The summed E-state index contributed by atoms with van der Waals surface area (Å²) in [4.78, 5) is 2.50. The highest BCUT2D eigenvalue weighted by atomic mass is 19.1. The van der Waals surface area contributed by atoms with E-state index < -0.39 is 0 Å². The second-order valence-electron chi connectivity index (χ2n) is 5.39. The predicted molar refractivity (Wildman–Crippen MR) is 77.7 cm³/mol. The normalized spacial score (nSPS) is 18.1. The van der Waals surface area contributed by atoms with Gasteiger partial charge in [0.15, 0.2) is 0 Å². The molecule has 0 amide bonds. The minimum atomic E-state index is -0.107. The molecular formula is C16H25FN2. The monoisotopic (exact) mass is 264 g/mol. The molecule has 1 aliphatic rings. The minimum absolute atomic E-state index is 0.0711. The molecule has 3 heteroatoms. The fraction of sp³-hybridized carbons (Fsp3) is 0.625. The first-order valence-electron chi connectivity index (χ1n) is 7.42. The van der Waals surface area contributed by atoms with E-state index >= 15 is 0 Å². The zero-order chi connectivity index (χ0) is 13.7. The van der Waals surface area contributed by atoms with Gasteiger partial charge < -0.3 is 5.32 Å². The molecule has 1 N–H and O–H groups in total. The van der Waals surface area contributed by atoms with Crippen LogP contribution in [0.15, 0.2) is 24.3 Å². The molecule has 0 heterocycles. The van der Waals surface area contributed by atoms with Crippen LogP contribution >= 0.6 is 0 Å². The SMILES string of the molecule is CCN(CC(NC)c1ccccc1F)C1CCCC1. The Hall–Kier alpha value is -0.930. The average molecular weight is 264 g/mol. The number of halogens is 1. The number of hydrogen-bond acceptors (Lipinski definition) is 2. The van der Waals surface area contributed by atoms with Gasteiger partial charge in [-0.25, -0.2) is 4.39 Å². The first kappa shape index (κ1) is 14.5. The van der Waals surface area contributed by atoms with E-state index in [9.17, 15) is 4.39 Å². The predicted octanol–water partition coefficient (Wildman–Crippen LogP) is 3.35. The second-order valence-corrected chi connectivity index (χ2v) is 5.39. The van der Waals surface area contributed by atoms with E-state index in [1.54, 1.807) is 12.1 Å². The molecule has 2 nitrogen and oxygen atoms in total. The molecule has 1 fully saturated rings. The van der Waals surface area contributed by atoms with Crippen molar-refractivity contribution in [2.24, 2.45) is 0 Å². The molecular weight excluding hydrogens is 239 g/mol. The number of benzene rings is 1. The lowest BCUT2D eigenvalue weighted by atomic mass is 10.0. The van der Waals surface area contributed by atoms with Crippen molar-refractivity contribution in [3.63, 3.8) is 0 Å². The summed E-state index contributed by atoms with van der Waals surface area (Å²) in [6.45, 7) is 4.13. The lowest BCUT2D eigenvalue weighted by Gasteiger charge is -2.31. The molecule has 0 bridgehead atoms. The molecule has 106 valence electrons. The zero-order valence-corrected chi connectivity index (χ0v) is 12.0. The molecule has 19 heavy (non-hydrogen) atoms. The van der Waals surface area contributed by atoms with E-state index in [1.165, 1.54) is 25.7 Å². The van der Waals surface area contributed by atoms with Crippen molar-refractivity contribution >= 4 is 0 Å². The summed E-state index contributed by atoms with van der Waals surface area (Å²) in [5.74, 6) is -0.107.